The summed E-state index contributed by atoms with van der Waals surface area (Å²) in [6, 6.07) is 12.2. The van der Waals surface area contributed by atoms with Gasteiger partial charge in [0.05, 0.1) is 17.2 Å². The van der Waals surface area contributed by atoms with Gasteiger partial charge in [0.1, 0.15) is 6.33 Å². The van der Waals surface area contributed by atoms with Crippen LogP contribution in [0.1, 0.15) is 19.4 Å². The van der Waals surface area contributed by atoms with Crippen LogP contribution < -0.4 is 5.32 Å². The Kier molecular flexibility index (Phi) is 5.73. The van der Waals surface area contributed by atoms with Crippen molar-refractivity contribution in [1.29, 1.82) is 0 Å². The fourth-order valence-corrected chi connectivity index (χ4v) is 3.28. The first-order chi connectivity index (χ1) is 10.2. The molecule has 0 saturated heterocycles. The van der Waals surface area contributed by atoms with Gasteiger partial charge in [0.25, 0.3) is 0 Å². The van der Waals surface area contributed by atoms with Crippen molar-refractivity contribution in [3.63, 3.8) is 0 Å². The molecular weight excluding hydrogens is 282 g/mol. The molecule has 4 nitrogen and oxygen atoms in total. The van der Waals surface area contributed by atoms with Crippen LogP contribution in [0.5, 0.6) is 0 Å². The number of rotatable bonds is 7. The summed E-state index contributed by atoms with van der Waals surface area (Å²) in [5, 5.41) is 14.5. The molecule has 21 heavy (non-hydrogen) atoms. The maximum absolute atomic E-state index is 10.0. The number of thioether (sulfide) groups is 1. The zero-order valence-corrected chi connectivity index (χ0v) is 13.2. The molecule has 1 aromatic carbocycles. The molecule has 0 radical (unpaired) electrons. The van der Waals surface area contributed by atoms with Crippen LogP contribution >= 0.6 is 11.8 Å². The molecule has 5 heteroatoms. The van der Waals surface area contributed by atoms with Gasteiger partial charge in [0.2, 0.25) is 0 Å². The van der Waals surface area contributed by atoms with Crippen LogP contribution in [0.25, 0.3) is 0 Å². The summed E-state index contributed by atoms with van der Waals surface area (Å²) < 4.78 is 0. The fourth-order valence-electron chi connectivity index (χ4n) is 2.26. The van der Waals surface area contributed by atoms with Crippen LogP contribution in [0.2, 0.25) is 0 Å². The van der Waals surface area contributed by atoms with E-state index < -0.39 is 5.54 Å². The summed E-state index contributed by atoms with van der Waals surface area (Å²) >= 11 is 1.62. The Labute approximate surface area is 130 Å². The Morgan fingerprint density at radius 3 is 2.57 bits per heavy atom. The van der Waals surface area contributed by atoms with Crippen LogP contribution in [0, 0.1) is 0 Å². The summed E-state index contributed by atoms with van der Waals surface area (Å²) in [5.41, 5.74) is 0.605. The second-order valence-corrected chi connectivity index (χ2v) is 6.24. The molecule has 2 rings (SSSR count). The summed E-state index contributed by atoms with van der Waals surface area (Å²) in [4.78, 5) is 8.16. The average molecular weight is 303 g/mol. The van der Waals surface area contributed by atoms with Gasteiger partial charge in [0.15, 0.2) is 0 Å². The lowest BCUT2D eigenvalue weighted by molar-refractivity contribution is 0.170. The average Bonchev–Trinajstić information content (AvgIpc) is 2.53. The van der Waals surface area contributed by atoms with E-state index in [1.165, 1.54) is 0 Å². The molecule has 0 spiro atoms. The number of aromatic nitrogens is 2. The van der Waals surface area contributed by atoms with Gasteiger partial charge in [-0.1, -0.05) is 30.3 Å². The second-order valence-electron chi connectivity index (χ2n) is 5.24. The highest BCUT2D eigenvalue weighted by Crippen LogP contribution is 2.29. The van der Waals surface area contributed by atoms with Gasteiger partial charge in [-0.2, -0.15) is 0 Å². The molecule has 112 valence electrons. The highest BCUT2D eigenvalue weighted by molar-refractivity contribution is 7.99. The minimum absolute atomic E-state index is 0.0350. The van der Waals surface area contributed by atoms with Crippen molar-refractivity contribution in [2.75, 3.05) is 12.4 Å². The Bertz CT molecular complexity index is 536. The lowest BCUT2D eigenvalue weighted by atomic mass is 9.92. The highest BCUT2D eigenvalue weighted by Gasteiger charge is 2.32. The molecule has 0 amide bonds. The van der Waals surface area contributed by atoms with Crippen LogP contribution in [-0.4, -0.2) is 33.5 Å². The van der Waals surface area contributed by atoms with E-state index in [4.69, 9.17) is 0 Å². The number of aliphatic hydroxyl groups is 1. The first-order valence-corrected chi connectivity index (χ1v) is 7.98. The normalized spacial score (nSPS) is 14.1. The van der Waals surface area contributed by atoms with Crippen LogP contribution in [-0.2, 0) is 5.54 Å². The van der Waals surface area contributed by atoms with E-state index in [1.807, 2.05) is 36.4 Å². The number of aliphatic hydroxyl groups excluding tert-OH is 1. The Balaban J connectivity index is 2.23. The minimum Gasteiger partial charge on any atom is -0.394 e. The van der Waals surface area contributed by atoms with Crippen molar-refractivity contribution in [1.82, 2.24) is 15.3 Å². The first-order valence-electron chi connectivity index (χ1n) is 6.99. The van der Waals surface area contributed by atoms with Gasteiger partial charge >= 0.3 is 0 Å². The van der Waals surface area contributed by atoms with Gasteiger partial charge in [-0.15, -0.1) is 11.8 Å². The van der Waals surface area contributed by atoms with Crippen molar-refractivity contribution in [3.8, 4) is 0 Å². The monoisotopic (exact) mass is 303 g/mol. The van der Waals surface area contributed by atoms with E-state index in [1.54, 1.807) is 24.3 Å². The Hall–Kier alpha value is -1.43. The van der Waals surface area contributed by atoms with Crippen LogP contribution in [0.15, 0.2) is 53.9 Å². The molecule has 0 aliphatic rings. The van der Waals surface area contributed by atoms with E-state index in [-0.39, 0.29) is 12.6 Å². The predicted octanol–water partition coefficient (Wildman–Crippen LogP) is 2.45. The number of hydrogen-bond acceptors (Lipinski definition) is 5. The molecule has 2 N–H and O–H groups in total. The first kappa shape index (κ1) is 15.9. The van der Waals surface area contributed by atoms with Crippen molar-refractivity contribution >= 4 is 11.8 Å². The number of hydrogen-bond donors (Lipinski definition) is 2. The second kappa shape index (κ2) is 7.54. The van der Waals surface area contributed by atoms with Crippen molar-refractivity contribution in [2.45, 2.75) is 30.5 Å². The quantitative estimate of drug-likeness (QED) is 0.608. The molecule has 1 aromatic heterocycles. The van der Waals surface area contributed by atoms with E-state index in [0.29, 0.717) is 5.75 Å². The third-order valence-corrected chi connectivity index (χ3v) is 4.36. The molecule has 0 fully saturated rings. The SMILES string of the molecule is CC(C)NC(CO)(CSc1ccncn1)c1ccccc1. The summed E-state index contributed by atoms with van der Waals surface area (Å²) in [6.07, 6.45) is 3.27. The lowest BCUT2D eigenvalue weighted by Crippen LogP contribution is -2.50. The topological polar surface area (TPSA) is 58.0 Å². The smallest absolute Gasteiger partial charge is 0.116 e. The van der Waals surface area contributed by atoms with Crippen molar-refractivity contribution < 1.29 is 5.11 Å². The number of benzene rings is 1. The summed E-state index contributed by atoms with van der Waals surface area (Å²) in [7, 11) is 0. The molecule has 1 atom stereocenters. The maximum atomic E-state index is 10.0. The van der Waals surface area contributed by atoms with Crippen molar-refractivity contribution in [3.05, 3.63) is 54.5 Å². The lowest BCUT2D eigenvalue weighted by Gasteiger charge is -2.35. The molecule has 2 aromatic rings. The van der Waals surface area contributed by atoms with Crippen LogP contribution in [0.3, 0.4) is 0 Å². The maximum Gasteiger partial charge on any atom is 0.116 e. The minimum atomic E-state index is -0.481. The van der Waals surface area contributed by atoms with Gasteiger partial charge in [-0.25, -0.2) is 9.97 Å². The zero-order chi connectivity index (χ0) is 15.1. The molecule has 0 saturated carbocycles. The van der Waals surface area contributed by atoms with E-state index in [0.717, 1.165) is 10.6 Å². The molecule has 1 heterocycles. The zero-order valence-electron chi connectivity index (χ0n) is 12.4. The van der Waals surface area contributed by atoms with Gasteiger partial charge in [-0.05, 0) is 25.5 Å². The number of nitrogens with one attached hydrogen (secondary N) is 1. The fraction of sp³-hybridized carbons (Fsp3) is 0.375. The number of nitrogens with zero attached hydrogens (tertiary/aromatic N) is 2. The third-order valence-electron chi connectivity index (χ3n) is 3.18. The summed E-state index contributed by atoms with van der Waals surface area (Å²) in [5.74, 6) is 0.697. The Morgan fingerprint density at radius 2 is 2.00 bits per heavy atom. The third kappa shape index (κ3) is 4.27. The van der Waals surface area contributed by atoms with Crippen molar-refractivity contribution in [2.24, 2.45) is 0 Å². The van der Waals surface area contributed by atoms with E-state index in [2.05, 4.69) is 29.1 Å². The predicted molar refractivity (Wildman–Crippen MR) is 86.2 cm³/mol. The van der Waals surface area contributed by atoms with Gasteiger partial charge in [0, 0.05) is 18.0 Å². The molecule has 1 unspecified atom stereocenters. The van der Waals surface area contributed by atoms with Crippen LogP contribution in [0.4, 0.5) is 0 Å². The van der Waals surface area contributed by atoms with E-state index in [9.17, 15) is 5.11 Å². The van der Waals surface area contributed by atoms with Gasteiger partial charge < -0.3 is 10.4 Å². The highest BCUT2D eigenvalue weighted by atomic mass is 32.2. The largest absolute Gasteiger partial charge is 0.394 e. The molecule has 0 aliphatic carbocycles. The molecule has 0 bridgehead atoms. The summed E-state index contributed by atoms with van der Waals surface area (Å²) in [6.45, 7) is 4.21. The standard InChI is InChI=1S/C16H21N3OS/c1-13(2)19-16(10-20,14-6-4-3-5-7-14)11-21-15-8-9-17-12-18-15/h3-9,12-13,19-20H,10-11H2,1-2H3. The Morgan fingerprint density at radius 1 is 1.24 bits per heavy atom. The molecule has 0 aliphatic heterocycles. The molecular formula is C16H21N3OS. The van der Waals surface area contributed by atoms with Gasteiger partial charge in [-0.3, -0.25) is 0 Å². The van der Waals surface area contributed by atoms with E-state index >= 15 is 0 Å².